The molecule has 1 aromatic heterocycles. The van der Waals surface area contributed by atoms with Crippen LogP contribution in [-0.2, 0) is 9.59 Å². The monoisotopic (exact) mass is 458 g/mol. The van der Waals surface area contributed by atoms with Crippen LogP contribution in [0.4, 0.5) is 11.5 Å². The maximum Gasteiger partial charge on any atom is 0.282 e. The van der Waals surface area contributed by atoms with Crippen LogP contribution in [0.5, 0.6) is 0 Å². The molecule has 0 spiro atoms. The molecule has 0 bridgehead atoms. The third-order valence-electron chi connectivity index (χ3n) is 6.02. The Balaban J connectivity index is 1.51. The standard InChI is InChI=1S/C26H23ClN4O2/c1-18-5-4-6-21(17-18)31-25(32)23(19-8-10-20(27)11-9-19)24(26(31)33)30-15-13-29(14-16-30)22-7-2-3-12-28-22/h2-12,17H,13-16H2,1H3. The van der Waals surface area contributed by atoms with Crippen molar-refractivity contribution >= 4 is 40.5 Å². The number of hydrogen-bond acceptors (Lipinski definition) is 5. The van der Waals surface area contributed by atoms with Gasteiger partial charge in [0.2, 0.25) is 0 Å². The van der Waals surface area contributed by atoms with Crippen LogP contribution in [0, 0.1) is 6.92 Å². The minimum Gasteiger partial charge on any atom is -0.363 e. The van der Waals surface area contributed by atoms with E-state index >= 15 is 0 Å². The number of rotatable bonds is 4. The number of nitrogens with zero attached hydrogens (tertiary/aromatic N) is 4. The van der Waals surface area contributed by atoms with Gasteiger partial charge in [-0.15, -0.1) is 0 Å². The van der Waals surface area contributed by atoms with E-state index in [1.54, 1.807) is 36.5 Å². The summed E-state index contributed by atoms with van der Waals surface area (Å²) in [4.78, 5) is 37.2. The Morgan fingerprint density at radius 2 is 1.55 bits per heavy atom. The smallest absolute Gasteiger partial charge is 0.282 e. The molecule has 0 saturated carbocycles. The number of benzene rings is 2. The summed E-state index contributed by atoms with van der Waals surface area (Å²) in [5.41, 5.74) is 3.13. The van der Waals surface area contributed by atoms with E-state index in [4.69, 9.17) is 11.6 Å². The molecule has 0 unspecified atom stereocenters. The van der Waals surface area contributed by atoms with Gasteiger partial charge in [-0.3, -0.25) is 9.59 Å². The molecule has 33 heavy (non-hydrogen) atoms. The van der Waals surface area contributed by atoms with Crippen LogP contribution in [0.3, 0.4) is 0 Å². The van der Waals surface area contributed by atoms with E-state index in [0.29, 0.717) is 53.7 Å². The summed E-state index contributed by atoms with van der Waals surface area (Å²) >= 11 is 6.08. The molecule has 1 saturated heterocycles. The van der Waals surface area contributed by atoms with E-state index in [0.717, 1.165) is 11.4 Å². The Kier molecular flexibility index (Phi) is 5.60. The molecule has 3 heterocycles. The van der Waals surface area contributed by atoms with Gasteiger partial charge in [0.25, 0.3) is 11.8 Å². The summed E-state index contributed by atoms with van der Waals surface area (Å²) < 4.78 is 0. The number of carbonyl (C=O) groups excluding carboxylic acids is 2. The lowest BCUT2D eigenvalue weighted by molar-refractivity contribution is -0.120. The van der Waals surface area contributed by atoms with E-state index in [-0.39, 0.29) is 11.8 Å². The van der Waals surface area contributed by atoms with Crippen LogP contribution < -0.4 is 9.80 Å². The Hall–Kier alpha value is -3.64. The first-order chi connectivity index (χ1) is 16.0. The van der Waals surface area contributed by atoms with E-state index in [2.05, 4.69) is 9.88 Å². The summed E-state index contributed by atoms with van der Waals surface area (Å²) in [6.45, 7) is 4.59. The first kappa shape index (κ1) is 21.2. The average molecular weight is 459 g/mol. The quantitative estimate of drug-likeness (QED) is 0.550. The highest BCUT2D eigenvalue weighted by molar-refractivity contribution is 6.45. The zero-order valence-electron chi connectivity index (χ0n) is 18.2. The minimum atomic E-state index is -0.310. The fraction of sp³-hybridized carbons (Fsp3) is 0.192. The molecule has 2 amide bonds. The van der Waals surface area contributed by atoms with Crippen molar-refractivity contribution in [2.24, 2.45) is 0 Å². The van der Waals surface area contributed by atoms with Crippen molar-refractivity contribution in [3.63, 3.8) is 0 Å². The molecule has 1 fully saturated rings. The Bertz CT molecular complexity index is 1230. The lowest BCUT2D eigenvalue weighted by atomic mass is 10.0. The average Bonchev–Trinajstić information content (AvgIpc) is 3.10. The number of halogens is 1. The van der Waals surface area contributed by atoms with Gasteiger partial charge in [-0.1, -0.05) is 41.9 Å². The molecular weight excluding hydrogens is 436 g/mol. The molecule has 0 aliphatic carbocycles. The molecule has 2 aromatic carbocycles. The maximum absolute atomic E-state index is 13.7. The van der Waals surface area contributed by atoms with Gasteiger partial charge in [0.05, 0.1) is 11.3 Å². The minimum absolute atomic E-state index is 0.290. The second kappa shape index (κ2) is 8.71. The van der Waals surface area contributed by atoms with Crippen LogP contribution in [0.25, 0.3) is 5.57 Å². The largest absolute Gasteiger partial charge is 0.363 e. The lowest BCUT2D eigenvalue weighted by Crippen LogP contribution is -2.48. The highest BCUT2D eigenvalue weighted by Gasteiger charge is 2.43. The molecule has 2 aliphatic heterocycles. The number of carbonyl (C=O) groups is 2. The third-order valence-corrected chi connectivity index (χ3v) is 6.27. The second-order valence-electron chi connectivity index (χ2n) is 8.18. The van der Waals surface area contributed by atoms with E-state index in [1.165, 1.54) is 4.90 Å². The van der Waals surface area contributed by atoms with Crippen LogP contribution in [-0.4, -0.2) is 47.9 Å². The van der Waals surface area contributed by atoms with Crippen LogP contribution in [0.2, 0.25) is 5.02 Å². The zero-order chi connectivity index (χ0) is 22.9. The number of anilines is 2. The molecule has 6 nitrogen and oxygen atoms in total. The predicted molar refractivity (Wildman–Crippen MR) is 130 cm³/mol. The van der Waals surface area contributed by atoms with Crippen molar-refractivity contribution in [2.75, 3.05) is 36.0 Å². The second-order valence-corrected chi connectivity index (χ2v) is 8.61. The number of imide groups is 1. The topological polar surface area (TPSA) is 56.8 Å². The summed E-state index contributed by atoms with van der Waals surface area (Å²) in [5, 5.41) is 0.581. The van der Waals surface area contributed by atoms with Gasteiger partial charge < -0.3 is 9.80 Å². The highest BCUT2D eigenvalue weighted by atomic mass is 35.5. The van der Waals surface area contributed by atoms with E-state index in [1.807, 2.05) is 48.2 Å². The third kappa shape index (κ3) is 3.98. The summed E-state index contributed by atoms with van der Waals surface area (Å²) in [5.74, 6) is 0.316. The molecule has 5 rings (SSSR count). The molecule has 166 valence electrons. The van der Waals surface area contributed by atoms with Crippen LogP contribution >= 0.6 is 11.6 Å². The summed E-state index contributed by atoms with van der Waals surface area (Å²) in [6, 6.07) is 20.4. The van der Waals surface area contributed by atoms with Gasteiger partial charge in [-0.05, 0) is 54.4 Å². The number of piperazine rings is 1. The maximum atomic E-state index is 13.7. The van der Waals surface area contributed by atoms with Gasteiger partial charge in [-0.2, -0.15) is 0 Å². The molecule has 7 heteroatoms. The van der Waals surface area contributed by atoms with Gasteiger partial charge in [0.1, 0.15) is 11.5 Å². The molecule has 2 aliphatic rings. The van der Waals surface area contributed by atoms with Crippen molar-refractivity contribution in [3.8, 4) is 0 Å². The summed E-state index contributed by atoms with van der Waals surface area (Å²) in [6.07, 6.45) is 1.78. The number of hydrogen-bond donors (Lipinski definition) is 0. The first-order valence-corrected chi connectivity index (χ1v) is 11.3. The van der Waals surface area contributed by atoms with Gasteiger partial charge in [0.15, 0.2) is 0 Å². The number of aryl methyl sites for hydroxylation is 1. The lowest BCUT2D eigenvalue weighted by Gasteiger charge is -2.37. The van der Waals surface area contributed by atoms with Crippen molar-refractivity contribution < 1.29 is 9.59 Å². The van der Waals surface area contributed by atoms with Crippen molar-refractivity contribution in [1.29, 1.82) is 0 Å². The highest BCUT2D eigenvalue weighted by Crippen LogP contribution is 2.36. The molecule has 3 aromatic rings. The van der Waals surface area contributed by atoms with E-state index in [9.17, 15) is 9.59 Å². The van der Waals surface area contributed by atoms with Crippen LogP contribution in [0.15, 0.2) is 78.6 Å². The zero-order valence-corrected chi connectivity index (χ0v) is 19.0. The number of amides is 2. The van der Waals surface area contributed by atoms with Crippen molar-refractivity contribution in [2.45, 2.75) is 6.92 Å². The first-order valence-electron chi connectivity index (χ1n) is 10.9. The van der Waals surface area contributed by atoms with Crippen LogP contribution in [0.1, 0.15) is 11.1 Å². The Labute approximate surface area is 197 Å². The fourth-order valence-electron chi connectivity index (χ4n) is 4.39. The SMILES string of the molecule is Cc1cccc(N2C(=O)C(c3ccc(Cl)cc3)=C(N3CCN(c4ccccn4)CC3)C2=O)c1. The molecular formula is C26H23ClN4O2. The van der Waals surface area contributed by atoms with Gasteiger partial charge >= 0.3 is 0 Å². The van der Waals surface area contributed by atoms with Gasteiger partial charge in [-0.25, -0.2) is 9.88 Å². The molecule has 0 radical (unpaired) electrons. The molecule has 0 atom stereocenters. The molecule has 0 N–H and O–H groups in total. The number of pyridine rings is 1. The summed E-state index contributed by atoms with van der Waals surface area (Å²) in [7, 11) is 0. The Morgan fingerprint density at radius 3 is 2.21 bits per heavy atom. The number of aromatic nitrogens is 1. The van der Waals surface area contributed by atoms with Gasteiger partial charge in [0, 0.05) is 37.4 Å². The normalized spacial score (nSPS) is 16.7. The van der Waals surface area contributed by atoms with E-state index < -0.39 is 0 Å². The fourth-order valence-corrected chi connectivity index (χ4v) is 4.52. The van der Waals surface area contributed by atoms with Crippen molar-refractivity contribution in [1.82, 2.24) is 9.88 Å². The predicted octanol–water partition coefficient (Wildman–Crippen LogP) is 4.15. The Morgan fingerprint density at radius 1 is 0.818 bits per heavy atom. The van der Waals surface area contributed by atoms with Crippen molar-refractivity contribution in [3.05, 3.63) is 94.8 Å².